The highest BCUT2D eigenvalue weighted by molar-refractivity contribution is 6.08. The molecule has 116 valence electrons. The molecular weight excluding hydrogens is 304 g/mol. The number of ether oxygens (including phenoxy) is 1. The fourth-order valence-corrected chi connectivity index (χ4v) is 2.26. The predicted octanol–water partition coefficient (Wildman–Crippen LogP) is 1.68. The third-order valence-corrected chi connectivity index (χ3v) is 3.34. The molecule has 3 N–H and O–H groups in total. The van der Waals surface area contributed by atoms with Crippen molar-refractivity contribution in [1.29, 1.82) is 0 Å². The Morgan fingerprint density at radius 1 is 0.870 bits per heavy atom. The maximum absolute atomic E-state index is 11.8. The average Bonchev–Trinajstić information content (AvgIpc) is 2.53. The Morgan fingerprint density at radius 2 is 1.35 bits per heavy atom. The molecule has 0 aliphatic carbocycles. The number of rotatable bonds is 2. The molecule has 0 atom stereocenters. The summed E-state index contributed by atoms with van der Waals surface area (Å²) in [6.45, 7) is 0. The number of benzene rings is 2. The van der Waals surface area contributed by atoms with Gasteiger partial charge in [0.15, 0.2) is 0 Å². The van der Waals surface area contributed by atoms with E-state index in [4.69, 9.17) is 0 Å². The van der Waals surface area contributed by atoms with Crippen molar-refractivity contribution in [3.05, 3.63) is 35.4 Å². The van der Waals surface area contributed by atoms with E-state index in [0.717, 1.165) is 0 Å². The second kappa shape index (κ2) is 5.09. The Labute approximate surface area is 128 Å². The molecule has 0 aliphatic heterocycles. The molecule has 0 aliphatic rings. The van der Waals surface area contributed by atoms with Crippen molar-refractivity contribution in [2.75, 3.05) is 7.11 Å². The van der Waals surface area contributed by atoms with Gasteiger partial charge < -0.3 is 20.1 Å². The van der Waals surface area contributed by atoms with Crippen molar-refractivity contribution in [1.82, 2.24) is 9.97 Å². The summed E-state index contributed by atoms with van der Waals surface area (Å²) < 4.78 is 4.64. The highest BCUT2D eigenvalue weighted by Crippen LogP contribution is 2.31. The molecule has 23 heavy (non-hydrogen) atoms. The van der Waals surface area contributed by atoms with Crippen LogP contribution in [0.1, 0.15) is 20.7 Å². The number of methoxy groups -OCH3 is 1. The maximum Gasteiger partial charge on any atom is 0.340 e. The number of carbonyl (C=O) groups is 2. The van der Waals surface area contributed by atoms with Gasteiger partial charge in [-0.25, -0.2) is 19.6 Å². The molecule has 8 heteroatoms. The number of aromatic hydroxyl groups is 2. The molecule has 2 aromatic carbocycles. The van der Waals surface area contributed by atoms with Crippen LogP contribution in [0.4, 0.5) is 0 Å². The topological polar surface area (TPSA) is 130 Å². The monoisotopic (exact) mass is 314 g/mol. The van der Waals surface area contributed by atoms with Gasteiger partial charge in [0.05, 0.1) is 18.2 Å². The van der Waals surface area contributed by atoms with E-state index >= 15 is 0 Å². The lowest BCUT2D eigenvalue weighted by molar-refractivity contribution is 0.0601. The molecule has 3 rings (SSSR count). The molecule has 0 amide bonds. The highest BCUT2D eigenvalue weighted by atomic mass is 16.5. The van der Waals surface area contributed by atoms with E-state index < -0.39 is 11.9 Å². The van der Waals surface area contributed by atoms with Gasteiger partial charge in [-0.05, 0) is 24.3 Å². The largest absolute Gasteiger partial charge is 0.506 e. The van der Waals surface area contributed by atoms with Crippen LogP contribution >= 0.6 is 0 Å². The van der Waals surface area contributed by atoms with Crippen molar-refractivity contribution in [3.8, 4) is 11.5 Å². The number of aromatic carboxylic acids is 1. The molecule has 0 unspecified atom stereocenters. The molecule has 0 radical (unpaired) electrons. The summed E-state index contributed by atoms with van der Waals surface area (Å²) in [6, 6.07) is 4.90. The third-order valence-electron chi connectivity index (χ3n) is 3.34. The Kier molecular flexibility index (Phi) is 3.21. The van der Waals surface area contributed by atoms with Crippen molar-refractivity contribution in [2.45, 2.75) is 0 Å². The molecule has 0 bridgehead atoms. The first kappa shape index (κ1) is 14.5. The van der Waals surface area contributed by atoms with Crippen LogP contribution in [-0.2, 0) is 4.74 Å². The molecule has 8 nitrogen and oxygen atoms in total. The van der Waals surface area contributed by atoms with Crippen molar-refractivity contribution >= 4 is 34.0 Å². The zero-order valence-electron chi connectivity index (χ0n) is 11.8. The molecule has 3 aromatic rings. The minimum Gasteiger partial charge on any atom is -0.506 e. The minimum absolute atomic E-state index is 0.00203. The van der Waals surface area contributed by atoms with Crippen molar-refractivity contribution in [2.24, 2.45) is 0 Å². The van der Waals surface area contributed by atoms with Gasteiger partial charge in [0, 0.05) is 0 Å². The number of carboxylic acids is 1. The van der Waals surface area contributed by atoms with Gasteiger partial charge in [-0.2, -0.15) is 0 Å². The second-order valence-corrected chi connectivity index (χ2v) is 4.68. The highest BCUT2D eigenvalue weighted by Gasteiger charge is 2.20. The molecule has 1 heterocycles. The standard InChI is InChI=1S/C15H10N2O6/c1-23-15(22)7-3-5-9(19)13-11(7)17-12-8(18)4-2-6(14(20)21)10(12)16-13/h2-5,18-19H,1H3,(H,20,21). The summed E-state index contributed by atoms with van der Waals surface area (Å²) in [5.74, 6) is -2.52. The summed E-state index contributed by atoms with van der Waals surface area (Å²) >= 11 is 0. The molecule has 0 saturated heterocycles. The lowest BCUT2D eigenvalue weighted by Gasteiger charge is -2.09. The van der Waals surface area contributed by atoms with Crippen LogP contribution in [0.15, 0.2) is 24.3 Å². The number of hydrogen-bond donors (Lipinski definition) is 3. The quantitative estimate of drug-likeness (QED) is 0.481. The van der Waals surface area contributed by atoms with Crippen LogP contribution in [0.25, 0.3) is 22.1 Å². The first-order valence-electron chi connectivity index (χ1n) is 6.41. The Hall–Kier alpha value is -3.42. The Morgan fingerprint density at radius 3 is 1.83 bits per heavy atom. The van der Waals surface area contributed by atoms with Crippen LogP contribution in [-0.4, -0.2) is 44.3 Å². The number of fused-ring (bicyclic) bond motifs is 2. The molecule has 0 saturated carbocycles. The van der Waals surface area contributed by atoms with Crippen molar-refractivity contribution < 1.29 is 29.6 Å². The number of phenols is 2. The SMILES string of the molecule is COC(=O)c1ccc(O)c2nc3c(C(=O)O)ccc(O)c3nc12. The molecule has 0 spiro atoms. The summed E-state index contributed by atoms with van der Waals surface area (Å²) in [5.41, 5.74) is -0.393. The number of nitrogens with zero attached hydrogens (tertiary/aromatic N) is 2. The zero-order valence-corrected chi connectivity index (χ0v) is 11.8. The van der Waals surface area contributed by atoms with Gasteiger partial charge in [-0.15, -0.1) is 0 Å². The summed E-state index contributed by atoms with van der Waals surface area (Å²) in [6.07, 6.45) is 0. The fraction of sp³-hybridized carbons (Fsp3) is 0.0667. The number of carbonyl (C=O) groups excluding carboxylic acids is 1. The number of phenolic OH excluding ortho intramolecular Hbond substituents is 2. The number of esters is 1. The van der Waals surface area contributed by atoms with E-state index in [1.54, 1.807) is 0 Å². The van der Waals surface area contributed by atoms with Gasteiger partial charge in [0.25, 0.3) is 0 Å². The number of hydrogen-bond acceptors (Lipinski definition) is 7. The van der Waals surface area contributed by atoms with Crippen LogP contribution in [0.5, 0.6) is 11.5 Å². The van der Waals surface area contributed by atoms with E-state index in [9.17, 15) is 24.9 Å². The van der Waals surface area contributed by atoms with E-state index in [0.29, 0.717) is 0 Å². The normalized spacial score (nSPS) is 10.8. The van der Waals surface area contributed by atoms with E-state index in [-0.39, 0.29) is 44.7 Å². The molecule has 1 aromatic heterocycles. The van der Waals surface area contributed by atoms with Crippen LogP contribution in [0.3, 0.4) is 0 Å². The van der Waals surface area contributed by atoms with Crippen LogP contribution in [0, 0.1) is 0 Å². The van der Waals surface area contributed by atoms with Gasteiger partial charge in [-0.3, -0.25) is 0 Å². The Balaban J connectivity index is 2.51. The first-order valence-corrected chi connectivity index (χ1v) is 6.41. The smallest absolute Gasteiger partial charge is 0.340 e. The maximum atomic E-state index is 11.8. The Bertz CT molecular complexity index is 983. The van der Waals surface area contributed by atoms with Gasteiger partial charge in [0.1, 0.15) is 33.6 Å². The van der Waals surface area contributed by atoms with E-state index in [1.165, 1.54) is 31.4 Å². The van der Waals surface area contributed by atoms with Gasteiger partial charge >= 0.3 is 11.9 Å². The number of aromatic nitrogens is 2. The molecule has 0 fully saturated rings. The summed E-state index contributed by atoms with van der Waals surface area (Å²) in [7, 11) is 1.19. The third kappa shape index (κ3) is 2.16. The van der Waals surface area contributed by atoms with E-state index in [1.807, 2.05) is 0 Å². The lowest BCUT2D eigenvalue weighted by Crippen LogP contribution is -2.05. The lowest BCUT2D eigenvalue weighted by atomic mass is 10.1. The minimum atomic E-state index is -1.26. The van der Waals surface area contributed by atoms with Gasteiger partial charge in [-0.1, -0.05) is 0 Å². The predicted molar refractivity (Wildman–Crippen MR) is 78.7 cm³/mol. The summed E-state index contributed by atoms with van der Waals surface area (Å²) in [4.78, 5) is 31.3. The second-order valence-electron chi connectivity index (χ2n) is 4.68. The average molecular weight is 314 g/mol. The van der Waals surface area contributed by atoms with E-state index in [2.05, 4.69) is 14.7 Å². The first-order chi connectivity index (χ1) is 10.9. The molecular formula is C15H10N2O6. The summed E-state index contributed by atoms with van der Waals surface area (Å²) in [5, 5.41) is 29.1. The van der Waals surface area contributed by atoms with Crippen LogP contribution < -0.4 is 0 Å². The zero-order chi connectivity index (χ0) is 16.7. The van der Waals surface area contributed by atoms with Gasteiger partial charge in [0.2, 0.25) is 0 Å². The fourth-order valence-electron chi connectivity index (χ4n) is 2.26. The number of carboxylic acid groups (broad SMARTS) is 1. The van der Waals surface area contributed by atoms with Crippen LogP contribution in [0.2, 0.25) is 0 Å². The van der Waals surface area contributed by atoms with Crippen molar-refractivity contribution in [3.63, 3.8) is 0 Å².